The first-order valence-electron chi connectivity index (χ1n) is 4.91. The second-order valence-corrected chi connectivity index (χ2v) is 5.10. The summed E-state index contributed by atoms with van der Waals surface area (Å²) in [5, 5.41) is 0. The van der Waals surface area contributed by atoms with Gasteiger partial charge in [0.25, 0.3) is 5.56 Å². The third-order valence-corrected chi connectivity index (χ3v) is 3.13. The number of fused-ring (bicyclic) bond motifs is 1. The van der Waals surface area contributed by atoms with Gasteiger partial charge in [-0.25, -0.2) is 4.40 Å². The van der Waals surface area contributed by atoms with E-state index in [1.165, 1.54) is 18.2 Å². The lowest BCUT2D eigenvalue weighted by molar-refractivity contribution is -0.0501. The van der Waals surface area contributed by atoms with Crippen molar-refractivity contribution in [2.45, 2.75) is 5.51 Å². The molecule has 0 saturated carbocycles. The van der Waals surface area contributed by atoms with Gasteiger partial charge in [-0.05, 0) is 12.1 Å². The molecular formula is C9H6F3N3O4S. The predicted molar refractivity (Wildman–Crippen MR) is 61.5 cm³/mol. The van der Waals surface area contributed by atoms with Crippen LogP contribution in [-0.4, -0.2) is 23.3 Å². The second kappa shape index (κ2) is 4.37. The lowest BCUT2D eigenvalue weighted by Crippen LogP contribution is -2.29. The number of aromatic nitrogens is 2. The molecule has 11 heteroatoms. The lowest BCUT2D eigenvalue weighted by Gasteiger charge is -2.09. The average Bonchev–Trinajstić information content (AvgIpc) is 2.25. The first-order valence-corrected chi connectivity index (χ1v) is 6.32. The Labute approximate surface area is 109 Å². The zero-order chi connectivity index (χ0) is 15.1. The zero-order valence-corrected chi connectivity index (χ0v) is 10.3. The number of rotatable bonds is 2. The van der Waals surface area contributed by atoms with E-state index in [9.17, 15) is 26.4 Å². The molecule has 2 rings (SSSR count). The van der Waals surface area contributed by atoms with Crippen LogP contribution in [0.2, 0.25) is 0 Å². The lowest BCUT2D eigenvalue weighted by atomic mass is 10.4. The highest BCUT2D eigenvalue weighted by atomic mass is 32.2. The Bertz CT molecular complexity index is 828. The molecule has 20 heavy (non-hydrogen) atoms. The fourth-order valence-electron chi connectivity index (χ4n) is 1.36. The van der Waals surface area contributed by atoms with Gasteiger partial charge < -0.3 is 9.92 Å². The minimum absolute atomic E-state index is 0.00905. The van der Waals surface area contributed by atoms with Crippen molar-refractivity contribution in [3.05, 3.63) is 34.6 Å². The fourth-order valence-corrected chi connectivity index (χ4v) is 1.76. The van der Waals surface area contributed by atoms with Crippen molar-refractivity contribution in [3.63, 3.8) is 0 Å². The van der Waals surface area contributed by atoms with Crippen molar-refractivity contribution < 1.29 is 25.8 Å². The SMILES string of the molecule is Nc1cccc2nc(OS(=O)(=O)C(F)(F)F)cc(=O)n12. The summed E-state index contributed by atoms with van der Waals surface area (Å²) in [5.74, 6) is -0.997. The second-order valence-electron chi connectivity index (χ2n) is 3.56. The molecule has 108 valence electrons. The summed E-state index contributed by atoms with van der Waals surface area (Å²) < 4.78 is 62.7. The van der Waals surface area contributed by atoms with Gasteiger partial charge in [-0.3, -0.25) is 4.79 Å². The van der Waals surface area contributed by atoms with Gasteiger partial charge in [0.2, 0.25) is 5.88 Å². The molecule has 0 atom stereocenters. The molecule has 0 aliphatic heterocycles. The van der Waals surface area contributed by atoms with Gasteiger partial charge in [0.05, 0.1) is 6.07 Å². The molecule has 2 aromatic heterocycles. The summed E-state index contributed by atoms with van der Waals surface area (Å²) in [6.45, 7) is 0. The smallest absolute Gasteiger partial charge is 0.385 e. The molecule has 7 nitrogen and oxygen atoms in total. The molecule has 0 saturated heterocycles. The maximum atomic E-state index is 12.2. The molecule has 2 N–H and O–H groups in total. The van der Waals surface area contributed by atoms with E-state index in [4.69, 9.17) is 5.73 Å². The first-order chi connectivity index (χ1) is 9.12. The molecule has 0 bridgehead atoms. The monoisotopic (exact) mass is 309 g/mol. The van der Waals surface area contributed by atoms with Gasteiger partial charge in [0.15, 0.2) is 0 Å². The van der Waals surface area contributed by atoms with E-state index in [-0.39, 0.29) is 11.5 Å². The van der Waals surface area contributed by atoms with E-state index in [1.807, 2.05) is 0 Å². The summed E-state index contributed by atoms with van der Waals surface area (Å²) in [4.78, 5) is 15.1. The van der Waals surface area contributed by atoms with Gasteiger partial charge >= 0.3 is 15.6 Å². The van der Waals surface area contributed by atoms with Crippen molar-refractivity contribution >= 4 is 21.6 Å². The predicted octanol–water partition coefficient (Wildman–Crippen LogP) is 0.505. The van der Waals surface area contributed by atoms with Crippen LogP contribution in [0.15, 0.2) is 29.1 Å². The number of halogens is 3. The molecule has 0 aliphatic carbocycles. The Morgan fingerprint density at radius 3 is 2.55 bits per heavy atom. The van der Waals surface area contributed by atoms with Gasteiger partial charge in [-0.15, -0.1) is 0 Å². The van der Waals surface area contributed by atoms with Crippen LogP contribution in [0.4, 0.5) is 19.0 Å². The molecule has 0 aromatic carbocycles. The van der Waals surface area contributed by atoms with E-state index in [2.05, 4.69) is 9.17 Å². The van der Waals surface area contributed by atoms with Gasteiger partial charge in [-0.1, -0.05) is 6.07 Å². The number of anilines is 1. The average molecular weight is 309 g/mol. The molecule has 0 aliphatic rings. The van der Waals surface area contributed by atoms with Crippen molar-refractivity contribution in [2.75, 3.05) is 5.73 Å². The maximum Gasteiger partial charge on any atom is 0.534 e. The number of hydrogen-bond acceptors (Lipinski definition) is 6. The normalized spacial score (nSPS) is 12.6. The number of nitrogens with zero attached hydrogens (tertiary/aromatic N) is 2. The first kappa shape index (κ1) is 14.1. The van der Waals surface area contributed by atoms with Gasteiger partial charge in [0, 0.05) is 0 Å². The van der Waals surface area contributed by atoms with E-state index in [0.717, 1.165) is 4.40 Å². The maximum absolute atomic E-state index is 12.2. The van der Waals surface area contributed by atoms with Crippen LogP contribution in [0.25, 0.3) is 5.65 Å². The number of nitrogen functional groups attached to an aromatic ring is 1. The van der Waals surface area contributed by atoms with Crippen molar-refractivity contribution in [3.8, 4) is 5.88 Å². The summed E-state index contributed by atoms with van der Waals surface area (Å²) in [5.41, 5.74) is -1.15. The zero-order valence-electron chi connectivity index (χ0n) is 9.46. The Morgan fingerprint density at radius 2 is 1.95 bits per heavy atom. The highest BCUT2D eigenvalue weighted by Crippen LogP contribution is 2.25. The number of alkyl halides is 3. The Balaban J connectivity index is 2.57. The summed E-state index contributed by atoms with van der Waals surface area (Å²) in [7, 11) is -5.89. The molecular weight excluding hydrogens is 303 g/mol. The topological polar surface area (TPSA) is 104 Å². The van der Waals surface area contributed by atoms with Crippen LogP contribution in [0.1, 0.15) is 0 Å². The summed E-state index contributed by atoms with van der Waals surface area (Å²) in [6.07, 6.45) is 0. The van der Waals surface area contributed by atoms with Crippen molar-refractivity contribution in [1.29, 1.82) is 0 Å². The highest BCUT2D eigenvalue weighted by Gasteiger charge is 2.48. The van der Waals surface area contributed by atoms with Crippen molar-refractivity contribution in [1.82, 2.24) is 9.38 Å². The minimum atomic E-state index is -5.89. The molecule has 0 amide bonds. The van der Waals surface area contributed by atoms with Crippen LogP contribution < -0.4 is 15.5 Å². The summed E-state index contributed by atoms with van der Waals surface area (Å²) in [6, 6.07) is 4.50. The molecule has 2 aromatic rings. The van der Waals surface area contributed by atoms with E-state index in [1.54, 1.807) is 0 Å². The number of nitrogens with two attached hydrogens (primary N) is 1. The third kappa shape index (κ3) is 2.39. The van der Waals surface area contributed by atoms with E-state index < -0.39 is 27.1 Å². The fraction of sp³-hybridized carbons (Fsp3) is 0.111. The molecule has 0 spiro atoms. The van der Waals surface area contributed by atoms with Gasteiger partial charge in [0.1, 0.15) is 11.5 Å². The van der Waals surface area contributed by atoms with E-state index >= 15 is 0 Å². The minimum Gasteiger partial charge on any atom is -0.385 e. The quantitative estimate of drug-likeness (QED) is 0.640. The molecule has 2 heterocycles. The Morgan fingerprint density at radius 1 is 1.30 bits per heavy atom. The van der Waals surface area contributed by atoms with Gasteiger partial charge in [-0.2, -0.15) is 26.6 Å². The van der Waals surface area contributed by atoms with E-state index in [0.29, 0.717) is 6.07 Å². The van der Waals surface area contributed by atoms with Crippen LogP contribution in [0.5, 0.6) is 5.88 Å². The van der Waals surface area contributed by atoms with Crippen LogP contribution in [-0.2, 0) is 10.1 Å². The largest absolute Gasteiger partial charge is 0.534 e. The third-order valence-electron chi connectivity index (χ3n) is 2.17. The number of hydrogen-bond donors (Lipinski definition) is 1. The standard InChI is InChI=1S/C9H6F3N3O4S/c10-9(11,12)20(17,18)19-7-4-8(16)15-5(13)2-1-3-6(15)14-7/h1-4H,13H2. The number of pyridine rings is 1. The molecule has 0 fully saturated rings. The Hall–Kier alpha value is -2.30. The highest BCUT2D eigenvalue weighted by molar-refractivity contribution is 7.87. The van der Waals surface area contributed by atoms with Crippen LogP contribution >= 0.6 is 0 Å². The Kier molecular flexibility index (Phi) is 3.08. The molecule has 0 radical (unpaired) electrons. The van der Waals surface area contributed by atoms with Crippen LogP contribution in [0, 0.1) is 0 Å². The van der Waals surface area contributed by atoms with Crippen LogP contribution in [0.3, 0.4) is 0 Å². The molecule has 0 unspecified atom stereocenters. The van der Waals surface area contributed by atoms with Crippen molar-refractivity contribution in [2.24, 2.45) is 0 Å². The summed E-state index contributed by atoms with van der Waals surface area (Å²) >= 11 is 0.